The molecular weight excluding hydrogens is 381 g/mol. The van der Waals surface area contributed by atoms with Crippen LogP contribution < -0.4 is 15.4 Å². The predicted molar refractivity (Wildman–Crippen MR) is 105 cm³/mol. The van der Waals surface area contributed by atoms with E-state index in [0.717, 1.165) is 11.3 Å². The van der Waals surface area contributed by atoms with Crippen molar-refractivity contribution in [2.45, 2.75) is 12.8 Å². The molecular formula is C20H16FN3O3S. The first-order valence-corrected chi connectivity index (χ1v) is 9.52. The second-order valence-electron chi connectivity index (χ2n) is 6.25. The Morgan fingerprint density at radius 2 is 2.14 bits per heavy atom. The first kappa shape index (κ1) is 18.1. The Kier molecular flexibility index (Phi) is 5.03. The Morgan fingerprint density at radius 1 is 1.25 bits per heavy atom. The minimum Gasteiger partial charge on any atom is -0.484 e. The SMILES string of the molecule is O=C(COc1ccc2c(c1)CCC(=O)N2)Nc1nc(-c2cccc(F)c2)cs1. The molecule has 28 heavy (non-hydrogen) atoms. The zero-order chi connectivity index (χ0) is 19.5. The van der Waals surface area contributed by atoms with Gasteiger partial charge in [-0.05, 0) is 42.3 Å². The summed E-state index contributed by atoms with van der Waals surface area (Å²) in [5, 5.41) is 7.65. The molecule has 0 aliphatic carbocycles. The van der Waals surface area contributed by atoms with Crippen molar-refractivity contribution < 1.29 is 18.7 Å². The maximum atomic E-state index is 13.3. The van der Waals surface area contributed by atoms with E-state index in [1.165, 1.54) is 23.5 Å². The molecule has 0 unspecified atom stereocenters. The van der Waals surface area contributed by atoms with Gasteiger partial charge in [-0.15, -0.1) is 11.3 Å². The van der Waals surface area contributed by atoms with Gasteiger partial charge in [-0.1, -0.05) is 12.1 Å². The van der Waals surface area contributed by atoms with Crippen LogP contribution in [0, 0.1) is 5.82 Å². The van der Waals surface area contributed by atoms with Gasteiger partial charge < -0.3 is 10.1 Å². The number of halogens is 1. The first-order chi connectivity index (χ1) is 13.6. The fourth-order valence-corrected chi connectivity index (χ4v) is 3.60. The number of ether oxygens (including phenoxy) is 1. The van der Waals surface area contributed by atoms with E-state index in [9.17, 15) is 14.0 Å². The second kappa shape index (κ2) is 7.77. The fraction of sp³-hybridized carbons (Fsp3) is 0.150. The van der Waals surface area contributed by atoms with Crippen molar-refractivity contribution in [2.24, 2.45) is 0 Å². The van der Waals surface area contributed by atoms with Gasteiger partial charge in [0.2, 0.25) is 5.91 Å². The van der Waals surface area contributed by atoms with Crippen molar-refractivity contribution in [3.63, 3.8) is 0 Å². The third-order valence-electron chi connectivity index (χ3n) is 4.21. The molecule has 1 aliphatic heterocycles. The molecule has 0 atom stereocenters. The molecule has 6 nitrogen and oxygen atoms in total. The lowest BCUT2D eigenvalue weighted by Crippen LogP contribution is -2.21. The normalized spacial score (nSPS) is 12.8. The molecule has 2 aromatic carbocycles. The summed E-state index contributed by atoms with van der Waals surface area (Å²) in [4.78, 5) is 27.8. The van der Waals surface area contributed by atoms with Gasteiger partial charge in [0.15, 0.2) is 11.7 Å². The van der Waals surface area contributed by atoms with Crippen molar-refractivity contribution >= 4 is 34.0 Å². The lowest BCUT2D eigenvalue weighted by molar-refractivity contribution is -0.118. The minimum atomic E-state index is -0.342. The highest BCUT2D eigenvalue weighted by molar-refractivity contribution is 7.14. The number of hydrogen-bond acceptors (Lipinski definition) is 5. The zero-order valence-corrected chi connectivity index (χ0v) is 15.5. The monoisotopic (exact) mass is 397 g/mol. The maximum absolute atomic E-state index is 13.3. The van der Waals surface area contributed by atoms with E-state index in [1.807, 2.05) is 6.07 Å². The molecule has 0 saturated heterocycles. The molecule has 8 heteroatoms. The van der Waals surface area contributed by atoms with Crippen LogP contribution in [-0.4, -0.2) is 23.4 Å². The molecule has 2 heterocycles. The quantitative estimate of drug-likeness (QED) is 0.685. The molecule has 3 aromatic rings. The van der Waals surface area contributed by atoms with Crippen LogP contribution in [0.25, 0.3) is 11.3 Å². The van der Waals surface area contributed by atoms with Crippen molar-refractivity contribution in [3.8, 4) is 17.0 Å². The summed E-state index contributed by atoms with van der Waals surface area (Å²) < 4.78 is 18.9. The molecule has 0 fully saturated rings. The van der Waals surface area contributed by atoms with E-state index in [1.54, 1.807) is 29.6 Å². The van der Waals surface area contributed by atoms with Gasteiger partial charge in [0.25, 0.3) is 5.91 Å². The van der Waals surface area contributed by atoms with E-state index in [4.69, 9.17) is 4.74 Å². The number of amides is 2. The summed E-state index contributed by atoms with van der Waals surface area (Å²) in [6.07, 6.45) is 1.08. The predicted octanol–water partition coefficient (Wildman–Crippen LogP) is 3.85. The van der Waals surface area contributed by atoms with Gasteiger partial charge in [0, 0.05) is 23.1 Å². The van der Waals surface area contributed by atoms with Crippen LogP contribution in [0.2, 0.25) is 0 Å². The molecule has 2 N–H and O–H groups in total. The van der Waals surface area contributed by atoms with Gasteiger partial charge in [-0.3, -0.25) is 14.9 Å². The van der Waals surface area contributed by atoms with Gasteiger partial charge in [0.05, 0.1) is 5.69 Å². The first-order valence-electron chi connectivity index (χ1n) is 8.64. The number of rotatable bonds is 5. The number of thiazole rings is 1. The van der Waals surface area contributed by atoms with E-state index in [0.29, 0.717) is 35.0 Å². The van der Waals surface area contributed by atoms with E-state index in [-0.39, 0.29) is 24.2 Å². The second-order valence-corrected chi connectivity index (χ2v) is 7.11. The molecule has 142 valence electrons. The number of fused-ring (bicyclic) bond motifs is 1. The molecule has 1 aliphatic rings. The third kappa shape index (κ3) is 4.17. The zero-order valence-electron chi connectivity index (χ0n) is 14.7. The highest BCUT2D eigenvalue weighted by atomic mass is 32.1. The number of carbonyl (C=O) groups is 2. The fourth-order valence-electron chi connectivity index (χ4n) is 2.87. The number of nitrogens with one attached hydrogen (secondary N) is 2. The highest BCUT2D eigenvalue weighted by Crippen LogP contribution is 2.27. The van der Waals surface area contributed by atoms with Crippen LogP contribution in [0.5, 0.6) is 5.75 Å². The molecule has 4 rings (SSSR count). The Morgan fingerprint density at radius 3 is 3.00 bits per heavy atom. The van der Waals surface area contributed by atoms with Crippen LogP contribution in [0.1, 0.15) is 12.0 Å². The molecule has 0 bridgehead atoms. The number of anilines is 2. The largest absolute Gasteiger partial charge is 0.484 e. The van der Waals surface area contributed by atoms with Gasteiger partial charge >= 0.3 is 0 Å². The number of aromatic nitrogens is 1. The van der Waals surface area contributed by atoms with Gasteiger partial charge in [0.1, 0.15) is 11.6 Å². The average molecular weight is 397 g/mol. The standard InChI is InChI=1S/C20H16FN3O3S/c21-14-3-1-2-12(8-14)17-11-28-20(23-17)24-19(26)10-27-15-5-6-16-13(9-15)4-7-18(25)22-16/h1-3,5-6,8-9,11H,4,7,10H2,(H,22,25)(H,23,24,26). The van der Waals surface area contributed by atoms with Crippen LogP contribution in [-0.2, 0) is 16.0 Å². The number of carbonyl (C=O) groups excluding carboxylic acids is 2. The number of benzene rings is 2. The number of hydrogen-bond donors (Lipinski definition) is 2. The summed E-state index contributed by atoms with van der Waals surface area (Å²) in [7, 11) is 0. The van der Waals surface area contributed by atoms with Crippen LogP contribution in [0.3, 0.4) is 0 Å². The topological polar surface area (TPSA) is 80.3 Å². The Balaban J connectivity index is 1.35. The Labute approximate surface area is 164 Å². The van der Waals surface area contributed by atoms with Crippen LogP contribution in [0.15, 0.2) is 47.8 Å². The van der Waals surface area contributed by atoms with Crippen LogP contribution in [0.4, 0.5) is 15.2 Å². The van der Waals surface area contributed by atoms with Crippen LogP contribution >= 0.6 is 11.3 Å². The molecule has 0 radical (unpaired) electrons. The molecule has 0 spiro atoms. The van der Waals surface area contributed by atoms with Crippen molar-refractivity contribution in [3.05, 3.63) is 59.2 Å². The molecule has 1 aromatic heterocycles. The molecule has 2 amide bonds. The third-order valence-corrected chi connectivity index (χ3v) is 4.97. The van der Waals surface area contributed by atoms with E-state index >= 15 is 0 Å². The maximum Gasteiger partial charge on any atom is 0.264 e. The minimum absolute atomic E-state index is 0.00149. The van der Waals surface area contributed by atoms with Gasteiger partial charge in [-0.25, -0.2) is 9.37 Å². The van der Waals surface area contributed by atoms with Crippen molar-refractivity contribution in [1.82, 2.24) is 4.98 Å². The van der Waals surface area contributed by atoms with E-state index < -0.39 is 0 Å². The Hall–Kier alpha value is -3.26. The summed E-state index contributed by atoms with van der Waals surface area (Å²) >= 11 is 1.26. The van der Waals surface area contributed by atoms with Crippen molar-refractivity contribution in [2.75, 3.05) is 17.2 Å². The summed E-state index contributed by atoms with van der Waals surface area (Å²) in [6.45, 7) is -0.167. The summed E-state index contributed by atoms with van der Waals surface area (Å²) in [5.74, 6) is -0.119. The lowest BCUT2D eigenvalue weighted by atomic mass is 10.0. The average Bonchev–Trinajstić information content (AvgIpc) is 3.15. The smallest absolute Gasteiger partial charge is 0.264 e. The van der Waals surface area contributed by atoms with Crippen molar-refractivity contribution in [1.29, 1.82) is 0 Å². The molecule has 0 saturated carbocycles. The Bertz CT molecular complexity index is 1050. The van der Waals surface area contributed by atoms with E-state index in [2.05, 4.69) is 15.6 Å². The summed E-state index contributed by atoms with van der Waals surface area (Å²) in [5.41, 5.74) is 3.00. The van der Waals surface area contributed by atoms with Gasteiger partial charge in [-0.2, -0.15) is 0 Å². The highest BCUT2D eigenvalue weighted by Gasteiger charge is 2.15. The number of nitrogens with zero attached hydrogens (tertiary/aromatic N) is 1. The number of aryl methyl sites for hydroxylation is 1. The lowest BCUT2D eigenvalue weighted by Gasteiger charge is -2.17. The summed E-state index contributed by atoms with van der Waals surface area (Å²) in [6, 6.07) is 11.4.